The molecule has 0 spiro atoms. The third-order valence-electron chi connectivity index (χ3n) is 3.49. The van der Waals surface area contributed by atoms with Crippen molar-refractivity contribution in [2.75, 3.05) is 27.2 Å². The van der Waals surface area contributed by atoms with Crippen LogP contribution >= 0.6 is 23.2 Å². The van der Waals surface area contributed by atoms with E-state index in [0.29, 0.717) is 13.1 Å². The molecular weight excluding hydrogens is 321 g/mol. The Hall–Kier alpha value is -0.400. The highest BCUT2D eigenvalue weighted by atomic mass is 35.5. The average molecular weight is 338 g/mol. The number of nitrogens with zero attached hydrogens (tertiary/aromatic N) is 3. The van der Waals surface area contributed by atoms with Crippen molar-refractivity contribution in [2.45, 2.75) is 23.8 Å². The van der Waals surface area contributed by atoms with Crippen LogP contribution in [0.2, 0.25) is 10.3 Å². The van der Waals surface area contributed by atoms with Gasteiger partial charge in [-0.2, -0.15) is 4.31 Å². The van der Waals surface area contributed by atoms with Crippen LogP contribution in [-0.4, -0.2) is 55.8 Å². The van der Waals surface area contributed by atoms with Gasteiger partial charge in [0.05, 0.1) is 0 Å². The monoisotopic (exact) mass is 337 g/mol. The fraction of sp³-hybridized carbons (Fsp3) is 0.583. The molecule has 2 heterocycles. The number of hydrogen-bond acceptors (Lipinski definition) is 4. The van der Waals surface area contributed by atoms with Crippen LogP contribution in [0.15, 0.2) is 17.0 Å². The van der Waals surface area contributed by atoms with Gasteiger partial charge in [0.1, 0.15) is 10.0 Å². The van der Waals surface area contributed by atoms with Crippen molar-refractivity contribution in [1.82, 2.24) is 14.2 Å². The molecule has 8 heteroatoms. The van der Waals surface area contributed by atoms with Gasteiger partial charge >= 0.3 is 0 Å². The van der Waals surface area contributed by atoms with Crippen LogP contribution in [0.1, 0.15) is 12.8 Å². The van der Waals surface area contributed by atoms with E-state index in [2.05, 4.69) is 4.98 Å². The molecule has 1 aromatic rings. The highest BCUT2D eigenvalue weighted by Crippen LogP contribution is 2.27. The Bertz CT molecular complexity index is 592. The van der Waals surface area contributed by atoms with Gasteiger partial charge < -0.3 is 4.90 Å². The molecule has 2 rings (SSSR count). The third kappa shape index (κ3) is 3.26. The Balaban J connectivity index is 2.30. The lowest BCUT2D eigenvalue weighted by molar-refractivity contribution is 0.190. The number of sulfonamides is 1. The minimum Gasteiger partial charge on any atom is -0.305 e. The molecule has 1 atom stereocenters. The second-order valence-corrected chi connectivity index (χ2v) is 7.70. The van der Waals surface area contributed by atoms with E-state index >= 15 is 0 Å². The van der Waals surface area contributed by atoms with Crippen molar-refractivity contribution in [3.63, 3.8) is 0 Å². The van der Waals surface area contributed by atoms with Crippen LogP contribution in [0.25, 0.3) is 0 Å². The Morgan fingerprint density at radius 3 is 2.65 bits per heavy atom. The van der Waals surface area contributed by atoms with E-state index in [1.165, 1.54) is 16.4 Å². The smallest absolute Gasteiger partial charge is 0.246 e. The first-order valence-corrected chi connectivity index (χ1v) is 8.50. The summed E-state index contributed by atoms with van der Waals surface area (Å²) in [4.78, 5) is 5.87. The van der Waals surface area contributed by atoms with E-state index < -0.39 is 10.0 Å². The largest absolute Gasteiger partial charge is 0.305 e. The maximum Gasteiger partial charge on any atom is 0.246 e. The molecule has 0 N–H and O–H groups in total. The molecular formula is C12H17Cl2N3O2S. The third-order valence-corrected chi connectivity index (χ3v) is 6.00. The SMILES string of the molecule is CN(C)[C@H]1CCCN(S(=O)(=O)c2ccc(Cl)nc2Cl)C1. The molecule has 112 valence electrons. The van der Waals surface area contributed by atoms with Crippen molar-refractivity contribution < 1.29 is 8.42 Å². The van der Waals surface area contributed by atoms with Gasteiger partial charge in [0.25, 0.3) is 0 Å². The average Bonchev–Trinajstić information content (AvgIpc) is 2.38. The van der Waals surface area contributed by atoms with Crippen LogP contribution in [0, 0.1) is 0 Å². The number of halogens is 2. The summed E-state index contributed by atoms with van der Waals surface area (Å²) in [5, 5.41) is 0.100. The van der Waals surface area contributed by atoms with Gasteiger partial charge in [-0.15, -0.1) is 0 Å². The van der Waals surface area contributed by atoms with Crippen molar-refractivity contribution in [3.05, 3.63) is 22.4 Å². The minimum absolute atomic E-state index is 0.0166. The Labute approximate surface area is 129 Å². The van der Waals surface area contributed by atoms with Crippen LogP contribution in [-0.2, 0) is 10.0 Å². The Morgan fingerprint density at radius 1 is 1.35 bits per heavy atom. The van der Waals surface area contributed by atoms with E-state index in [0.717, 1.165) is 12.8 Å². The molecule has 1 aliphatic heterocycles. The zero-order chi connectivity index (χ0) is 14.9. The first kappa shape index (κ1) is 16.0. The van der Waals surface area contributed by atoms with Crippen molar-refractivity contribution in [1.29, 1.82) is 0 Å². The molecule has 1 aromatic heterocycles. The van der Waals surface area contributed by atoms with Crippen molar-refractivity contribution in [2.24, 2.45) is 0 Å². The zero-order valence-corrected chi connectivity index (χ0v) is 13.7. The van der Waals surface area contributed by atoms with Crippen LogP contribution < -0.4 is 0 Å². The van der Waals surface area contributed by atoms with Crippen LogP contribution in [0.3, 0.4) is 0 Å². The van der Waals surface area contributed by atoms with E-state index in [9.17, 15) is 8.42 Å². The number of hydrogen-bond donors (Lipinski definition) is 0. The number of aromatic nitrogens is 1. The second-order valence-electron chi connectivity index (χ2n) is 5.05. The van der Waals surface area contributed by atoms with Gasteiger partial charge in [-0.1, -0.05) is 23.2 Å². The normalized spacial score (nSPS) is 21.4. The molecule has 0 amide bonds. The lowest BCUT2D eigenvalue weighted by Crippen LogP contribution is -2.47. The lowest BCUT2D eigenvalue weighted by Gasteiger charge is -2.35. The molecule has 0 aromatic carbocycles. The number of rotatable bonds is 3. The molecule has 1 saturated heterocycles. The van der Waals surface area contributed by atoms with Crippen LogP contribution in [0.4, 0.5) is 0 Å². The maximum absolute atomic E-state index is 12.6. The fourth-order valence-corrected chi connectivity index (χ4v) is 4.44. The van der Waals surface area contributed by atoms with Gasteiger partial charge in [0, 0.05) is 19.1 Å². The molecule has 1 fully saturated rings. The summed E-state index contributed by atoms with van der Waals surface area (Å²) in [5.41, 5.74) is 0. The predicted octanol–water partition coefficient (Wildman–Crippen LogP) is 2.10. The highest BCUT2D eigenvalue weighted by Gasteiger charge is 2.32. The van der Waals surface area contributed by atoms with E-state index in [1.807, 2.05) is 19.0 Å². The van der Waals surface area contributed by atoms with E-state index in [-0.39, 0.29) is 21.2 Å². The topological polar surface area (TPSA) is 53.5 Å². The molecule has 20 heavy (non-hydrogen) atoms. The van der Waals surface area contributed by atoms with E-state index in [4.69, 9.17) is 23.2 Å². The second kappa shape index (κ2) is 6.15. The molecule has 0 bridgehead atoms. The zero-order valence-electron chi connectivity index (χ0n) is 11.4. The number of piperidine rings is 1. The summed E-state index contributed by atoms with van der Waals surface area (Å²) < 4.78 is 26.7. The van der Waals surface area contributed by atoms with Gasteiger partial charge in [0.15, 0.2) is 5.15 Å². The Morgan fingerprint density at radius 2 is 2.05 bits per heavy atom. The molecule has 0 saturated carbocycles. The minimum atomic E-state index is -3.62. The predicted molar refractivity (Wildman–Crippen MR) is 79.7 cm³/mol. The summed E-state index contributed by atoms with van der Waals surface area (Å²) >= 11 is 11.6. The molecule has 0 unspecified atom stereocenters. The van der Waals surface area contributed by atoms with Crippen LogP contribution in [0.5, 0.6) is 0 Å². The van der Waals surface area contributed by atoms with Gasteiger partial charge in [0.2, 0.25) is 10.0 Å². The van der Waals surface area contributed by atoms with Gasteiger partial charge in [-0.3, -0.25) is 0 Å². The fourth-order valence-electron chi connectivity index (χ4n) is 2.29. The van der Waals surface area contributed by atoms with Crippen molar-refractivity contribution in [3.8, 4) is 0 Å². The van der Waals surface area contributed by atoms with E-state index in [1.54, 1.807) is 0 Å². The summed E-state index contributed by atoms with van der Waals surface area (Å²) in [6, 6.07) is 3.07. The van der Waals surface area contributed by atoms with Gasteiger partial charge in [-0.05, 0) is 39.1 Å². The number of likely N-dealkylation sites (N-methyl/N-ethyl adjacent to an activating group) is 1. The maximum atomic E-state index is 12.6. The molecule has 0 aliphatic carbocycles. The first-order chi connectivity index (χ1) is 9.32. The highest BCUT2D eigenvalue weighted by molar-refractivity contribution is 7.89. The number of pyridine rings is 1. The quantitative estimate of drug-likeness (QED) is 0.792. The molecule has 5 nitrogen and oxygen atoms in total. The van der Waals surface area contributed by atoms with Crippen molar-refractivity contribution >= 4 is 33.2 Å². The summed E-state index contributed by atoms with van der Waals surface area (Å²) in [6.45, 7) is 0.972. The Kier molecular flexibility index (Phi) is 4.92. The summed E-state index contributed by atoms with van der Waals surface area (Å²) in [7, 11) is 0.290. The molecule has 1 aliphatic rings. The molecule has 0 radical (unpaired) electrons. The standard InChI is InChI=1S/C12H17Cl2N3O2S/c1-16(2)9-4-3-7-17(8-9)20(18,19)10-5-6-11(13)15-12(10)14/h5-6,9H,3-4,7-8H2,1-2H3/t9-/m0/s1. The van der Waals surface area contributed by atoms with Gasteiger partial charge in [-0.25, -0.2) is 13.4 Å². The summed E-state index contributed by atoms with van der Waals surface area (Å²) in [6.07, 6.45) is 1.83. The first-order valence-electron chi connectivity index (χ1n) is 6.31. The summed E-state index contributed by atoms with van der Waals surface area (Å²) in [5.74, 6) is 0. The lowest BCUT2D eigenvalue weighted by atomic mass is 10.1.